The van der Waals surface area contributed by atoms with Gasteiger partial charge in [-0.3, -0.25) is 0 Å². The molecule has 0 unspecified atom stereocenters. The molecule has 0 aromatic heterocycles. The van der Waals surface area contributed by atoms with Gasteiger partial charge in [0, 0.05) is 18.7 Å². The molecule has 0 aliphatic rings. The van der Waals surface area contributed by atoms with Gasteiger partial charge in [0.2, 0.25) is 0 Å². The molecule has 0 saturated carbocycles. The maximum absolute atomic E-state index is 12.7. The maximum Gasteiger partial charge on any atom is 0.416 e. The first kappa shape index (κ1) is 15.0. The summed E-state index contributed by atoms with van der Waals surface area (Å²) in [5.41, 5.74) is -0.790. The molecule has 0 fully saturated rings. The predicted octanol–water partition coefficient (Wildman–Crippen LogP) is 2.96. The molecule has 5 heteroatoms. The molecule has 2 nitrogen and oxygen atoms in total. The SMILES string of the molecule is CC(C)(CCO)NCc1ccccc1C(F)(F)F. The number of alkyl halides is 3. The van der Waals surface area contributed by atoms with Gasteiger partial charge in [0.05, 0.1) is 5.56 Å². The van der Waals surface area contributed by atoms with Crippen molar-refractivity contribution >= 4 is 0 Å². The van der Waals surface area contributed by atoms with Crippen molar-refractivity contribution in [3.63, 3.8) is 0 Å². The molecule has 1 aromatic rings. The molecule has 0 aliphatic carbocycles. The van der Waals surface area contributed by atoms with Crippen molar-refractivity contribution in [2.45, 2.75) is 38.5 Å². The fourth-order valence-corrected chi connectivity index (χ4v) is 1.65. The van der Waals surface area contributed by atoms with Gasteiger partial charge in [-0.2, -0.15) is 13.2 Å². The molecule has 0 radical (unpaired) electrons. The molecule has 2 N–H and O–H groups in total. The zero-order chi connectivity index (χ0) is 13.8. The number of halogens is 3. The lowest BCUT2D eigenvalue weighted by Gasteiger charge is -2.26. The molecule has 0 amide bonds. The Kier molecular flexibility index (Phi) is 4.76. The second-order valence-electron chi connectivity index (χ2n) is 4.87. The lowest BCUT2D eigenvalue weighted by Crippen LogP contribution is -2.39. The minimum absolute atomic E-state index is 0.000910. The van der Waals surface area contributed by atoms with Crippen molar-refractivity contribution in [3.8, 4) is 0 Å². The number of nitrogens with one attached hydrogen (secondary N) is 1. The molecule has 102 valence electrons. The quantitative estimate of drug-likeness (QED) is 0.854. The molecular formula is C13H18F3NO. The first-order valence-corrected chi connectivity index (χ1v) is 5.77. The zero-order valence-corrected chi connectivity index (χ0v) is 10.5. The van der Waals surface area contributed by atoms with Crippen LogP contribution in [-0.2, 0) is 12.7 Å². The highest BCUT2D eigenvalue weighted by molar-refractivity contribution is 5.29. The van der Waals surface area contributed by atoms with Crippen LogP contribution in [-0.4, -0.2) is 17.3 Å². The van der Waals surface area contributed by atoms with Gasteiger partial charge in [-0.05, 0) is 31.9 Å². The van der Waals surface area contributed by atoms with Crippen LogP contribution in [0.1, 0.15) is 31.4 Å². The third kappa shape index (κ3) is 4.31. The monoisotopic (exact) mass is 261 g/mol. The molecule has 0 atom stereocenters. The van der Waals surface area contributed by atoms with E-state index in [-0.39, 0.29) is 18.7 Å². The number of benzene rings is 1. The van der Waals surface area contributed by atoms with Crippen LogP contribution in [0.3, 0.4) is 0 Å². The summed E-state index contributed by atoms with van der Waals surface area (Å²) in [5.74, 6) is 0. The summed E-state index contributed by atoms with van der Waals surface area (Å²) in [6.07, 6.45) is -3.85. The molecule has 18 heavy (non-hydrogen) atoms. The molecular weight excluding hydrogens is 243 g/mol. The van der Waals surface area contributed by atoms with Crippen molar-refractivity contribution in [2.75, 3.05) is 6.61 Å². The Bertz CT molecular complexity index is 388. The Labute approximate surface area is 105 Å². The highest BCUT2D eigenvalue weighted by Gasteiger charge is 2.33. The van der Waals surface area contributed by atoms with Crippen molar-refractivity contribution in [1.29, 1.82) is 0 Å². The van der Waals surface area contributed by atoms with E-state index in [1.165, 1.54) is 12.1 Å². The first-order chi connectivity index (χ1) is 8.26. The van der Waals surface area contributed by atoms with Crippen LogP contribution in [0.5, 0.6) is 0 Å². The van der Waals surface area contributed by atoms with Crippen LogP contribution in [0, 0.1) is 0 Å². The fraction of sp³-hybridized carbons (Fsp3) is 0.538. The standard InChI is InChI=1S/C13H18F3NO/c1-12(2,7-8-18)17-9-10-5-3-4-6-11(10)13(14,15)16/h3-6,17-18H,7-9H2,1-2H3. The van der Waals surface area contributed by atoms with Gasteiger partial charge in [-0.15, -0.1) is 0 Å². The van der Waals surface area contributed by atoms with E-state index in [1.807, 2.05) is 13.8 Å². The van der Waals surface area contributed by atoms with E-state index >= 15 is 0 Å². The van der Waals surface area contributed by atoms with Crippen molar-refractivity contribution in [3.05, 3.63) is 35.4 Å². The summed E-state index contributed by atoms with van der Waals surface area (Å²) < 4.78 is 38.2. The maximum atomic E-state index is 12.7. The third-order valence-corrected chi connectivity index (χ3v) is 2.82. The van der Waals surface area contributed by atoms with E-state index in [4.69, 9.17) is 5.11 Å². The Morgan fingerprint density at radius 3 is 2.33 bits per heavy atom. The van der Waals surface area contributed by atoms with Gasteiger partial charge in [-0.1, -0.05) is 18.2 Å². The van der Waals surface area contributed by atoms with Crippen LogP contribution < -0.4 is 5.32 Å². The third-order valence-electron chi connectivity index (χ3n) is 2.82. The lowest BCUT2D eigenvalue weighted by molar-refractivity contribution is -0.138. The van der Waals surface area contributed by atoms with Gasteiger partial charge in [-0.25, -0.2) is 0 Å². The van der Waals surface area contributed by atoms with Crippen LogP contribution in [0.15, 0.2) is 24.3 Å². The van der Waals surface area contributed by atoms with Crippen LogP contribution in [0.2, 0.25) is 0 Å². The van der Waals surface area contributed by atoms with Crippen LogP contribution in [0.4, 0.5) is 13.2 Å². The zero-order valence-electron chi connectivity index (χ0n) is 10.5. The van der Waals surface area contributed by atoms with E-state index in [2.05, 4.69) is 5.32 Å². The Balaban J connectivity index is 2.80. The van der Waals surface area contributed by atoms with Gasteiger partial charge in [0.25, 0.3) is 0 Å². The van der Waals surface area contributed by atoms with Crippen molar-refractivity contribution in [2.24, 2.45) is 0 Å². The average molecular weight is 261 g/mol. The number of aliphatic hydroxyl groups is 1. The molecule has 1 rings (SSSR count). The van der Waals surface area contributed by atoms with Crippen LogP contribution >= 0.6 is 0 Å². The topological polar surface area (TPSA) is 32.3 Å². The summed E-state index contributed by atoms with van der Waals surface area (Å²) in [4.78, 5) is 0. The second kappa shape index (κ2) is 5.71. The minimum Gasteiger partial charge on any atom is -0.396 e. The number of hydrogen-bond acceptors (Lipinski definition) is 2. The Morgan fingerprint density at radius 2 is 1.78 bits per heavy atom. The van der Waals surface area contributed by atoms with E-state index in [1.54, 1.807) is 6.07 Å². The van der Waals surface area contributed by atoms with E-state index in [0.29, 0.717) is 6.42 Å². The summed E-state index contributed by atoms with van der Waals surface area (Å²) >= 11 is 0. The Morgan fingerprint density at radius 1 is 1.17 bits per heavy atom. The van der Waals surface area contributed by atoms with Gasteiger partial charge < -0.3 is 10.4 Å². The minimum atomic E-state index is -4.33. The largest absolute Gasteiger partial charge is 0.416 e. The molecule has 0 heterocycles. The second-order valence-corrected chi connectivity index (χ2v) is 4.87. The normalized spacial score (nSPS) is 12.8. The molecule has 0 aliphatic heterocycles. The Hall–Kier alpha value is -1.07. The van der Waals surface area contributed by atoms with Gasteiger partial charge in [0.1, 0.15) is 0 Å². The fourth-order valence-electron chi connectivity index (χ4n) is 1.65. The average Bonchev–Trinajstić information content (AvgIpc) is 2.26. The van der Waals surface area contributed by atoms with Crippen molar-refractivity contribution < 1.29 is 18.3 Å². The number of hydrogen-bond donors (Lipinski definition) is 2. The molecule has 0 spiro atoms. The predicted molar refractivity (Wildman–Crippen MR) is 64.1 cm³/mol. The molecule has 0 saturated heterocycles. The van der Waals surface area contributed by atoms with Crippen LogP contribution in [0.25, 0.3) is 0 Å². The highest BCUT2D eigenvalue weighted by atomic mass is 19.4. The number of aliphatic hydroxyl groups excluding tert-OH is 1. The summed E-state index contributed by atoms with van der Waals surface area (Å²) in [6, 6.07) is 5.51. The van der Waals surface area contributed by atoms with E-state index in [0.717, 1.165) is 6.07 Å². The lowest BCUT2D eigenvalue weighted by atomic mass is 9.99. The smallest absolute Gasteiger partial charge is 0.396 e. The number of rotatable bonds is 5. The van der Waals surface area contributed by atoms with Gasteiger partial charge in [0.15, 0.2) is 0 Å². The van der Waals surface area contributed by atoms with E-state index in [9.17, 15) is 13.2 Å². The van der Waals surface area contributed by atoms with E-state index < -0.39 is 17.3 Å². The highest BCUT2D eigenvalue weighted by Crippen LogP contribution is 2.31. The van der Waals surface area contributed by atoms with Gasteiger partial charge >= 0.3 is 6.18 Å². The molecule has 1 aromatic carbocycles. The first-order valence-electron chi connectivity index (χ1n) is 5.77. The van der Waals surface area contributed by atoms with Crippen molar-refractivity contribution in [1.82, 2.24) is 5.32 Å². The summed E-state index contributed by atoms with van der Waals surface area (Å²) in [5, 5.41) is 11.9. The molecule has 0 bridgehead atoms. The summed E-state index contributed by atoms with van der Waals surface area (Å²) in [6.45, 7) is 3.82. The summed E-state index contributed by atoms with van der Waals surface area (Å²) in [7, 11) is 0.